The number of hydrogen-bond donors (Lipinski definition) is 0. The topological polar surface area (TPSA) is 6.48 Å². The van der Waals surface area contributed by atoms with Crippen molar-refractivity contribution in [3.63, 3.8) is 0 Å². The van der Waals surface area contributed by atoms with Gasteiger partial charge in [0.25, 0.3) is 0 Å². The Bertz CT molecular complexity index is 1280. The highest BCUT2D eigenvalue weighted by molar-refractivity contribution is 6.04. The molecule has 0 spiro atoms. The van der Waals surface area contributed by atoms with E-state index in [0.717, 1.165) is 31.5 Å². The lowest BCUT2D eigenvalue weighted by atomic mass is 9.85. The number of likely N-dealkylation sites (N-methyl/N-ethyl adjacent to an activating group) is 1. The van der Waals surface area contributed by atoms with E-state index in [9.17, 15) is 0 Å². The molecule has 5 rings (SSSR count). The molecule has 172 valence electrons. The fourth-order valence-electron chi connectivity index (χ4n) is 5.58. The highest BCUT2D eigenvalue weighted by Crippen LogP contribution is 2.48. The molecule has 1 unspecified atom stereocenters. The summed E-state index contributed by atoms with van der Waals surface area (Å²) >= 11 is 0. The summed E-state index contributed by atoms with van der Waals surface area (Å²) in [6.07, 6.45) is 6.51. The van der Waals surface area contributed by atoms with Crippen molar-refractivity contribution in [1.29, 1.82) is 0 Å². The predicted octanol–water partition coefficient (Wildman–Crippen LogP) is 7.40. The molecule has 3 aromatic carbocycles. The summed E-state index contributed by atoms with van der Waals surface area (Å²) in [6.45, 7) is 8.79. The normalized spacial score (nSPS) is 20.3. The van der Waals surface area contributed by atoms with Crippen LogP contribution < -0.4 is 4.90 Å². The Kier molecular flexibility index (Phi) is 6.26. The van der Waals surface area contributed by atoms with Gasteiger partial charge in [-0.25, -0.2) is 0 Å². The van der Waals surface area contributed by atoms with Crippen molar-refractivity contribution >= 4 is 22.4 Å². The third-order valence-electron chi connectivity index (χ3n) is 7.17. The molecule has 3 aromatic rings. The maximum atomic E-state index is 4.46. The lowest BCUT2D eigenvalue weighted by molar-refractivity contribution is 0.411. The monoisotopic (exact) mass is 446 g/mol. The van der Waals surface area contributed by atoms with Crippen molar-refractivity contribution in [2.75, 3.05) is 32.1 Å². The van der Waals surface area contributed by atoms with Crippen molar-refractivity contribution in [3.8, 4) is 11.1 Å². The average molecular weight is 447 g/mol. The smallest absolute Gasteiger partial charge is 0.0587 e. The molecule has 34 heavy (non-hydrogen) atoms. The molecule has 0 amide bonds. The van der Waals surface area contributed by atoms with Crippen LogP contribution in [0.3, 0.4) is 0 Å². The van der Waals surface area contributed by atoms with Gasteiger partial charge in [0.05, 0.1) is 6.04 Å². The minimum absolute atomic E-state index is 0.311. The van der Waals surface area contributed by atoms with E-state index in [0.29, 0.717) is 6.04 Å². The lowest BCUT2D eigenvalue weighted by Crippen LogP contribution is -2.37. The van der Waals surface area contributed by atoms with Crippen molar-refractivity contribution < 1.29 is 0 Å². The summed E-state index contributed by atoms with van der Waals surface area (Å²) < 4.78 is 0. The second-order valence-corrected chi connectivity index (χ2v) is 9.53. The zero-order chi connectivity index (χ0) is 23.7. The molecule has 0 fully saturated rings. The molecule has 1 aliphatic heterocycles. The number of benzene rings is 3. The number of rotatable bonds is 4. The van der Waals surface area contributed by atoms with E-state index in [2.05, 4.69) is 122 Å². The Balaban J connectivity index is 1.80. The van der Waals surface area contributed by atoms with Crippen molar-refractivity contribution in [3.05, 3.63) is 108 Å². The second-order valence-electron chi connectivity index (χ2n) is 9.53. The van der Waals surface area contributed by atoms with Crippen LogP contribution in [0.15, 0.2) is 91.5 Å². The van der Waals surface area contributed by atoms with Gasteiger partial charge in [-0.2, -0.15) is 0 Å². The first-order valence-corrected chi connectivity index (χ1v) is 12.4. The largest absolute Gasteiger partial charge is 0.362 e. The van der Waals surface area contributed by atoms with Gasteiger partial charge in [-0.3, -0.25) is 0 Å². The molecule has 0 aromatic heterocycles. The summed E-state index contributed by atoms with van der Waals surface area (Å²) in [7, 11) is 4.32. The summed E-state index contributed by atoms with van der Waals surface area (Å²) in [5.74, 6) is 0. The van der Waals surface area contributed by atoms with Crippen LogP contribution in [0.1, 0.15) is 36.5 Å². The van der Waals surface area contributed by atoms with E-state index in [4.69, 9.17) is 0 Å². The minimum atomic E-state index is 0.311. The Hall–Kier alpha value is -3.36. The Labute approximate surface area is 204 Å². The number of hydrogen-bond acceptors (Lipinski definition) is 2. The number of allylic oxidation sites excluding steroid dienone is 3. The van der Waals surface area contributed by atoms with Crippen LogP contribution >= 0.6 is 0 Å². The second kappa shape index (κ2) is 9.48. The number of nitrogens with zero attached hydrogens (tertiary/aromatic N) is 2. The van der Waals surface area contributed by atoms with E-state index in [-0.39, 0.29) is 0 Å². The Morgan fingerprint density at radius 2 is 1.41 bits per heavy atom. The summed E-state index contributed by atoms with van der Waals surface area (Å²) in [4.78, 5) is 4.90. The van der Waals surface area contributed by atoms with Gasteiger partial charge < -0.3 is 9.80 Å². The summed E-state index contributed by atoms with van der Waals surface area (Å²) in [6, 6.07) is 26.9. The molecule has 2 heteroatoms. The molecule has 2 nitrogen and oxygen atoms in total. The van der Waals surface area contributed by atoms with E-state index in [1.165, 1.54) is 44.7 Å². The van der Waals surface area contributed by atoms with Gasteiger partial charge in [0.1, 0.15) is 0 Å². The molecule has 1 aliphatic carbocycles. The summed E-state index contributed by atoms with van der Waals surface area (Å²) in [5, 5.41) is 0. The molecular formula is C32H34N2. The van der Waals surface area contributed by atoms with E-state index < -0.39 is 0 Å². The van der Waals surface area contributed by atoms with Crippen LogP contribution in [0, 0.1) is 0 Å². The molecule has 0 radical (unpaired) electrons. The van der Waals surface area contributed by atoms with E-state index in [1.54, 1.807) is 0 Å². The highest BCUT2D eigenvalue weighted by atomic mass is 15.2. The van der Waals surface area contributed by atoms with Gasteiger partial charge in [-0.05, 0) is 72.0 Å². The van der Waals surface area contributed by atoms with Crippen molar-refractivity contribution in [2.24, 2.45) is 0 Å². The number of anilines is 1. The van der Waals surface area contributed by atoms with Gasteiger partial charge in [0, 0.05) is 24.3 Å². The zero-order valence-electron chi connectivity index (χ0n) is 20.6. The number of para-hydroxylation sites is 1. The average Bonchev–Trinajstić information content (AvgIpc) is 3.15. The van der Waals surface area contributed by atoms with Crippen LogP contribution in [0.2, 0.25) is 0 Å². The van der Waals surface area contributed by atoms with E-state index in [1.807, 2.05) is 0 Å². The third-order valence-corrected chi connectivity index (χ3v) is 7.17. The highest BCUT2D eigenvalue weighted by Gasteiger charge is 2.35. The fourth-order valence-corrected chi connectivity index (χ4v) is 5.58. The van der Waals surface area contributed by atoms with Crippen molar-refractivity contribution in [2.45, 2.75) is 25.8 Å². The maximum absolute atomic E-state index is 4.46. The van der Waals surface area contributed by atoms with Crippen LogP contribution in [-0.4, -0.2) is 38.1 Å². The van der Waals surface area contributed by atoms with Crippen LogP contribution in [-0.2, 0) is 0 Å². The predicted molar refractivity (Wildman–Crippen MR) is 148 cm³/mol. The minimum Gasteiger partial charge on any atom is -0.362 e. The van der Waals surface area contributed by atoms with Gasteiger partial charge in [-0.1, -0.05) is 92.4 Å². The molecule has 0 saturated heterocycles. The van der Waals surface area contributed by atoms with Crippen LogP contribution in [0.5, 0.6) is 0 Å². The zero-order valence-corrected chi connectivity index (χ0v) is 20.6. The van der Waals surface area contributed by atoms with Gasteiger partial charge in [-0.15, -0.1) is 0 Å². The van der Waals surface area contributed by atoms with Crippen molar-refractivity contribution in [1.82, 2.24) is 4.90 Å². The number of fused-ring (bicyclic) bond motifs is 6. The SMILES string of the molecule is C=C1/C=C\CC2/C(=C(\CC)c3ccccc3-c3ccccc31)c1ccccc1N2CCN(C)C. The Morgan fingerprint density at radius 1 is 0.824 bits per heavy atom. The maximum Gasteiger partial charge on any atom is 0.0587 e. The molecule has 0 bridgehead atoms. The fraction of sp³-hybridized carbons (Fsp3) is 0.250. The molecule has 2 aliphatic rings. The van der Waals surface area contributed by atoms with Crippen LogP contribution in [0.25, 0.3) is 27.8 Å². The van der Waals surface area contributed by atoms with Gasteiger partial charge in [0.2, 0.25) is 0 Å². The molecule has 1 heterocycles. The first-order chi connectivity index (χ1) is 16.6. The van der Waals surface area contributed by atoms with Gasteiger partial charge in [0.15, 0.2) is 0 Å². The molecule has 1 atom stereocenters. The standard InChI is InChI=1S/C32H34N2/c1-5-24-26-15-8-9-17-28(26)27-16-7-6-14-25(27)23(2)13-12-20-31-32(24)29-18-10-11-19-30(29)34(31)22-21-33(3)4/h6-19,31H,2,5,20-22H2,1,3-4H3/b13-12-,32-24+. The first kappa shape index (κ1) is 22.4. The quantitative estimate of drug-likeness (QED) is 0.412. The first-order valence-electron chi connectivity index (χ1n) is 12.4. The molecule has 0 N–H and O–H groups in total. The third kappa shape index (κ3) is 3.93. The van der Waals surface area contributed by atoms with Crippen LogP contribution in [0.4, 0.5) is 5.69 Å². The molecule has 0 saturated carbocycles. The summed E-state index contributed by atoms with van der Waals surface area (Å²) in [5.41, 5.74) is 11.9. The van der Waals surface area contributed by atoms with E-state index >= 15 is 0 Å². The molecular weight excluding hydrogens is 412 g/mol. The van der Waals surface area contributed by atoms with Gasteiger partial charge >= 0.3 is 0 Å². The Morgan fingerprint density at radius 3 is 2.09 bits per heavy atom. The lowest BCUT2D eigenvalue weighted by Gasteiger charge is -2.29.